The Morgan fingerprint density at radius 1 is 1.35 bits per heavy atom. The smallest absolute Gasteiger partial charge is 0.307 e. The number of nitrogens with zero attached hydrogens (tertiary/aromatic N) is 1. The first-order chi connectivity index (χ1) is 9.16. The van der Waals surface area contributed by atoms with Crippen LogP contribution in [-0.4, -0.2) is 22.0 Å². The monoisotopic (exact) mass is 316 g/mol. The molecule has 1 saturated carbocycles. The molecule has 7 heteroatoms. The van der Waals surface area contributed by atoms with E-state index in [1.54, 1.807) is 26.8 Å². The molecule has 2 rings (SSSR count). The summed E-state index contributed by atoms with van der Waals surface area (Å²) < 4.78 is 0. The first-order valence-electron chi connectivity index (χ1n) is 6.02. The molecule has 1 fully saturated rings. The summed E-state index contributed by atoms with van der Waals surface area (Å²) in [6, 6.07) is 1.58. The van der Waals surface area contributed by atoms with E-state index in [2.05, 4.69) is 10.3 Å². The molecule has 2 atom stereocenters. The minimum Gasteiger partial charge on any atom is -0.481 e. The Bertz CT molecular complexity index is 578. The van der Waals surface area contributed by atoms with Crippen molar-refractivity contribution in [1.29, 1.82) is 0 Å². The van der Waals surface area contributed by atoms with Crippen LogP contribution in [0.1, 0.15) is 19.4 Å². The Hall–Kier alpha value is -1.33. The highest BCUT2D eigenvalue weighted by Crippen LogP contribution is 2.58. The fourth-order valence-corrected chi connectivity index (χ4v) is 3.11. The molecular formula is C13H14Cl2N2O3. The highest BCUT2D eigenvalue weighted by atomic mass is 35.5. The van der Waals surface area contributed by atoms with Crippen molar-refractivity contribution in [2.45, 2.75) is 20.8 Å². The van der Waals surface area contributed by atoms with Crippen LogP contribution in [0.5, 0.6) is 0 Å². The fraction of sp³-hybridized carbons (Fsp3) is 0.462. The van der Waals surface area contributed by atoms with Gasteiger partial charge in [0.1, 0.15) is 5.15 Å². The summed E-state index contributed by atoms with van der Waals surface area (Å²) in [4.78, 5) is 27.1. The summed E-state index contributed by atoms with van der Waals surface area (Å²) in [7, 11) is 0. The van der Waals surface area contributed by atoms with E-state index in [4.69, 9.17) is 28.3 Å². The molecule has 1 aromatic rings. The minimum atomic E-state index is -0.966. The number of anilines is 1. The Morgan fingerprint density at radius 3 is 2.40 bits per heavy atom. The molecule has 5 nitrogen and oxygen atoms in total. The van der Waals surface area contributed by atoms with Gasteiger partial charge >= 0.3 is 5.97 Å². The zero-order valence-corrected chi connectivity index (χ0v) is 12.7. The van der Waals surface area contributed by atoms with E-state index in [0.717, 1.165) is 0 Å². The number of aryl methyl sites for hydroxylation is 1. The second-order valence-electron chi connectivity index (χ2n) is 5.53. The van der Waals surface area contributed by atoms with Gasteiger partial charge in [-0.1, -0.05) is 37.0 Å². The predicted octanol–water partition coefficient (Wildman–Crippen LogP) is 2.99. The van der Waals surface area contributed by atoms with Crippen molar-refractivity contribution in [3.8, 4) is 0 Å². The van der Waals surface area contributed by atoms with Gasteiger partial charge in [-0.25, -0.2) is 4.98 Å². The Morgan fingerprint density at radius 2 is 1.95 bits per heavy atom. The maximum Gasteiger partial charge on any atom is 0.307 e. The molecule has 1 aliphatic rings. The van der Waals surface area contributed by atoms with E-state index in [1.807, 2.05) is 0 Å². The van der Waals surface area contributed by atoms with Crippen LogP contribution in [0.4, 0.5) is 5.69 Å². The molecule has 0 aliphatic heterocycles. The Balaban J connectivity index is 2.20. The van der Waals surface area contributed by atoms with E-state index in [0.29, 0.717) is 11.3 Å². The minimum absolute atomic E-state index is 0.0914. The Labute approximate surface area is 126 Å². The number of hydrogen-bond acceptors (Lipinski definition) is 3. The number of hydrogen-bond donors (Lipinski definition) is 2. The molecular weight excluding hydrogens is 303 g/mol. The van der Waals surface area contributed by atoms with E-state index in [1.165, 1.54) is 0 Å². The lowest BCUT2D eigenvalue weighted by molar-refractivity contribution is -0.140. The number of carboxylic acid groups (broad SMARTS) is 1. The quantitative estimate of drug-likeness (QED) is 0.840. The van der Waals surface area contributed by atoms with Gasteiger partial charge in [-0.2, -0.15) is 0 Å². The number of aliphatic carboxylic acids is 1. The average Bonchev–Trinajstić information content (AvgIpc) is 2.86. The summed E-state index contributed by atoms with van der Waals surface area (Å²) in [5.41, 5.74) is 0.484. The topological polar surface area (TPSA) is 79.3 Å². The third-order valence-corrected chi connectivity index (χ3v) is 4.23. The third-order valence-electron chi connectivity index (χ3n) is 3.77. The summed E-state index contributed by atoms with van der Waals surface area (Å²) in [6.45, 7) is 5.25. The van der Waals surface area contributed by atoms with Crippen molar-refractivity contribution in [1.82, 2.24) is 4.98 Å². The van der Waals surface area contributed by atoms with Gasteiger partial charge in [0.25, 0.3) is 0 Å². The maximum atomic E-state index is 12.2. The van der Waals surface area contributed by atoms with Crippen molar-refractivity contribution in [3.05, 3.63) is 21.9 Å². The van der Waals surface area contributed by atoms with Gasteiger partial charge in [-0.05, 0) is 24.0 Å². The highest BCUT2D eigenvalue weighted by Gasteiger charge is 2.65. The molecule has 0 bridgehead atoms. The number of carboxylic acids is 1. The van der Waals surface area contributed by atoms with Crippen LogP contribution in [0.25, 0.3) is 0 Å². The molecule has 0 radical (unpaired) electrons. The standard InChI is InChI=1S/C13H14Cl2N2O3/c1-5-4-6(14)16-10(15)9(5)17-11(18)7-8(12(19)20)13(7,2)3/h4,7-8H,1-3H3,(H,17,18)(H,19,20). The molecule has 2 unspecified atom stereocenters. The van der Waals surface area contributed by atoms with Crippen LogP contribution in [0, 0.1) is 24.2 Å². The summed E-state index contributed by atoms with van der Waals surface area (Å²) in [5, 5.41) is 12.1. The van der Waals surface area contributed by atoms with Gasteiger partial charge in [0.05, 0.1) is 17.5 Å². The van der Waals surface area contributed by atoms with E-state index >= 15 is 0 Å². The van der Waals surface area contributed by atoms with Crippen LogP contribution in [0.2, 0.25) is 10.3 Å². The number of nitrogens with one attached hydrogen (secondary N) is 1. The largest absolute Gasteiger partial charge is 0.481 e. The molecule has 0 aromatic carbocycles. The van der Waals surface area contributed by atoms with Crippen LogP contribution in [-0.2, 0) is 9.59 Å². The Kier molecular flexibility index (Phi) is 3.69. The normalized spacial score (nSPS) is 23.2. The molecule has 2 N–H and O–H groups in total. The van der Waals surface area contributed by atoms with E-state index in [9.17, 15) is 9.59 Å². The number of halogens is 2. The summed E-state index contributed by atoms with van der Waals surface area (Å²) in [5.74, 6) is -2.59. The zero-order chi connectivity index (χ0) is 15.2. The third kappa shape index (κ3) is 2.47. The SMILES string of the molecule is Cc1cc(Cl)nc(Cl)c1NC(=O)C1C(C(=O)O)C1(C)C. The van der Waals surface area contributed by atoms with Gasteiger partial charge in [-0.3, -0.25) is 9.59 Å². The second-order valence-corrected chi connectivity index (χ2v) is 6.28. The lowest BCUT2D eigenvalue weighted by Gasteiger charge is -2.10. The first kappa shape index (κ1) is 15.1. The molecule has 1 aromatic heterocycles. The molecule has 0 saturated heterocycles. The maximum absolute atomic E-state index is 12.2. The lowest BCUT2D eigenvalue weighted by atomic mass is 10.1. The number of rotatable bonds is 3. The van der Waals surface area contributed by atoms with Gasteiger partial charge < -0.3 is 10.4 Å². The molecule has 20 heavy (non-hydrogen) atoms. The van der Waals surface area contributed by atoms with Crippen LogP contribution in [0.3, 0.4) is 0 Å². The highest BCUT2D eigenvalue weighted by molar-refractivity contribution is 6.34. The van der Waals surface area contributed by atoms with Gasteiger partial charge in [0, 0.05) is 0 Å². The predicted molar refractivity (Wildman–Crippen MR) is 76.0 cm³/mol. The van der Waals surface area contributed by atoms with E-state index < -0.39 is 23.2 Å². The van der Waals surface area contributed by atoms with Crippen LogP contribution < -0.4 is 5.32 Å². The summed E-state index contributed by atoms with van der Waals surface area (Å²) >= 11 is 11.7. The fourth-order valence-electron chi connectivity index (χ4n) is 2.53. The van der Waals surface area contributed by atoms with Gasteiger partial charge in [0.2, 0.25) is 5.91 Å². The van der Waals surface area contributed by atoms with Crippen molar-refractivity contribution < 1.29 is 14.7 Å². The van der Waals surface area contributed by atoms with Crippen LogP contribution in [0.15, 0.2) is 6.07 Å². The van der Waals surface area contributed by atoms with E-state index in [-0.39, 0.29) is 16.2 Å². The number of carbonyl (C=O) groups excluding carboxylic acids is 1. The molecule has 1 heterocycles. The van der Waals surface area contributed by atoms with Gasteiger partial charge in [-0.15, -0.1) is 0 Å². The number of carbonyl (C=O) groups is 2. The number of amides is 1. The summed E-state index contributed by atoms with van der Waals surface area (Å²) in [6.07, 6.45) is 0. The van der Waals surface area contributed by atoms with Crippen molar-refractivity contribution in [2.24, 2.45) is 17.3 Å². The van der Waals surface area contributed by atoms with Crippen molar-refractivity contribution in [2.75, 3.05) is 5.32 Å². The zero-order valence-electron chi connectivity index (χ0n) is 11.2. The lowest BCUT2D eigenvalue weighted by Crippen LogP contribution is -2.19. The second kappa shape index (κ2) is 4.90. The number of aromatic nitrogens is 1. The molecule has 1 aliphatic carbocycles. The first-order valence-corrected chi connectivity index (χ1v) is 6.78. The molecule has 0 spiro atoms. The average molecular weight is 317 g/mol. The number of pyridine rings is 1. The molecule has 1 amide bonds. The van der Waals surface area contributed by atoms with Crippen molar-refractivity contribution >= 4 is 40.8 Å². The van der Waals surface area contributed by atoms with Gasteiger partial charge in [0.15, 0.2) is 5.15 Å². The van der Waals surface area contributed by atoms with Crippen molar-refractivity contribution in [3.63, 3.8) is 0 Å². The van der Waals surface area contributed by atoms with Crippen LogP contribution >= 0.6 is 23.2 Å². The molecule has 108 valence electrons.